The standard InChI is InChI=1S/C14H27N3O.C10H8FNO/c1-11-10-16(7-8-17(11)12(2)18)14-6-4-5-13(9-14)15-3;1-6-2-3-9(11)8-4-7(5-13)12-10(6)8/h11,13-15H,4-10H2,1-3H3;2-5,12H,1H3. The van der Waals surface area contributed by atoms with E-state index in [0.717, 1.165) is 25.2 Å². The molecule has 1 saturated carbocycles. The van der Waals surface area contributed by atoms with Crippen LogP contribution in [0, 0.1) is 12.7 Å². The Labute approximate surface area is 184 Å². The number of piperazine rings is 1. The summed E-state index contributed by atoms with van der Waals surface area (Å²) in [5, 5.41) is 3.89. The Morgan fingerprint density at radius 1 is 1.29 bits per heavy atom. The monoisotopic (exact) mass is 430 g/mol. The van der Waals surface area contributed by atoms with Crippen molar-refractivity contribution < 1.29 is 14.0 Å². The molecule has 1 aromatic carbocycles. The van der Waals surface area contributed by atoms with E-state index in [1.165, 1.54) is 37.8 Å². The number of H-pyrrole nitrogens is 1. The molecule has 3 atom stereocenters. The Morgan fingerprint density at radius 2 is 2.06 bits per heavy atom. The summed E-state index contributed by atoms with van der Waals surface area (Å²) in [6, 6.07) is 6.37. The first kappa shape index (κ1) is 23.4. The average molecular weight is 431 g/mol. The van der Waals surface area contributed by atoms with Gasteiger partial charge in [-0.15, -0.1) is 0 Å². The van der Waals surface area contributed by atoms with Gasteiger partial charge in [-0.05, 0) is 57.9 Å². The Bertz CT molecular complexity index is 873. The van der Waals surface area contributed by atoms with Crippen molar-refractivity contribution in [3.8, 4) is 0 Å². The number of carbonyl (C=O) groups excluding carboxylic acids is 2. The largest absolute Gasteiger partial charge is 0.352 e. The molecule has 2 fully saturated rings. The van der Waals surface area contributed by atoms with Gasteiger partial charge in [-0.25, -0.2) is 4.39 Å². The molecule has 2 aliphatic rings. The van der Waals surface area contributed by atoms with Gasteiger partial charge in [0.2, 0.25) is 5.91 Å². The van der Waals surface area contributed by atoms with Crippen LogP contribution in [-0.2, 0) is 4.79 Å². The molecule has 170 valence electrons. The van der Waals surface area contributed by atoms with Crippen LogP contribution in [0.2, 0.25) is 0 Å². The number of halogens is 1. The third-order valence-corrected chi connectivity index (χ3v) is 6.73. The number of amides is 1. The third kappa shape index (κ3) is 5.52. The van der Waals surface area contributed by atoms with Gasteiger partial charge in [0.1, 0.15) is 5.82 Å². The predicted molar refractivity (Wildman–Crippen MR) is 122 cm³/mol. The Kier molecular flexibility index (Phi) is 7.84. The number of hydrogen-bond donors (Lipinski definition) is 2. The zero-order valence-corrected chi connectivity index (χ0v) is 19.1. The van der Waals surface area contributed by atoms with Crippen molar-refractivity contribution in [3.05, 3.63) is 35.3 Å². The molecular formula is C24H35FN4O2. The molecule has 7 heteroatoms. The zero-order valence-electron chi connectivity index (χ0n) is 19.1. The second-order valence-electron chi connectivity index (χ2n) is 8.86. The normalized spacial score (nSPS) is 24.5. The molecule has 3 unspecified atom stereocenters. The summed E-state index contributed by atoms with van der Waals surface area (Å²) in [5.41, 5.74) is 2.04. The van der Waals surface area contributed by atoms with Gasteiger partial charge in [0.25, 0.3) is 0 Å². The summed E-state index contributed by atoms with van der Waals surface area (Å²) < 4.78 is 13.2. The lowest BCUT2D eigenvalue weighted by molar-refractivity contribution is -0.133. The number of nitrogens with zero attached hydrogens (tertiary/aromatic N) is 2. The summed E-state index contributed by atoms with van der Waals surface area (Å²) in [6.07, 6.45) is 5.92. The molecule has 2 N–H and O–H groups in total. The van der Waals surface area contributed by atoms with Crippen LogP contribution < -0.4 is 5.32 Å². The van der Waals surface area contributed by atoms with Crippen LogP contribution in [0.15, 0.2) is 18.2 Å². The number of aryl methyl sites for hydroxylation is 1. The highest BCUT2D eigenvalue weighted by molar-refractivity contribution is 5.90. The fraction of sp³-hybridized carbons (Fsp3) is 0.583. The summed E-state index contributed by atoms with van der Waals surface area (Å²) in [5.74, 6) is -0.0798. The van der Waals surface area contributed by atoms with E-state index in [1.54, 1.807) is 13.0 Å². The quantitative estimate of drug-likeness (QED) is 0.732. The minimum absolute atomic E-state index is 0.221. The number of aromatic nitrogens is 1. The summed E-state index contributed by atoms with van der Waals surface area (Å²) in [4.78, 5) is 29.4. The topological polar surface area (TPSA) is 68.4 Å². The van der Waals surface area contributed by atoms with E-state index in [4.69, 9.17) is 0 Å². The molecule has 1 amide bonds. The smallest absolute Gasteiger partial charge is 0.219 e. The first-order valence-electron chi connectivity index (χ1n) is 11.3. The zero-order chi connectivity index (χ0) is 22.5. The Balaban J connectivity index is 0.000000185. The second-order valence-corrected chi connectivity index (χ2v) is 8.86. The van der Waals surface area contributed by atoms with Gasteiger partial charge in [-0.1, -0.05) is 12.5 Å². The van der Waals surface area contributed by atoms with Crippen LogP contribution in [0.4, 0.5) is 4.39 Å². The van der Waals surface area contributed by atoms with E-state index in [9.17, 15) is 14.0 Å². The van der Waals surface area contributed by atoms with E-state index < -0.39 is 0 Å². The second kappa shape index (κ2) is 10.4. The molecule has 6 nitrogen and oxygen atoms in total. The van der Waals surface area contributed by atoms with Crippen LogP contribution in [-0.4, -0.2) is 71.8 Å². The van der Waals surface area contributed by atoms with Gasteiger partial charge >= 0.3 is 0 Å². The SMILES string of the molecule is CNC1CCCC(N2CCN(C(C)=O)C(C)C2)C1.Cc1ccc(F)c2cc(C=O)[nH]c12. The Morgan fingerprint density at radius 3 is 2.68 bits per heavy atom. The summed E-state index contributed by atoms with van der Waals surface area (Å²) in [6.45, 7) is 8.71. The molecular weight excluding hydrogens is 395 g/mol. The van der Waals surface area contributed by atoms with Crippen LogP contribution in [0.5, 0.6) is 0 Å². The van der Waals surface area contributed by atoms with E-state index in [-0.39, 0.29) is 11.7 Å². The van der Waals surface area contributed by atoms with Gasteiger partial charge < -0.3 is 15.2 Å². The number of hydrogen-bond acceptors (Lipinski definition) is 4. The first-order valence-corrected chi connectivity index (χ1v) is 11.3. The number of carbonyl (C=O) groups is 2. The number of aldehydes is 1. The van der Waals surface area contributed by atoms with Gasteiger partial charge in [0, 0.05) is 50.1 Å². The van der Waals surface area contributed by atoms with Crippen LogP contribution >= 0.6 is 0 Å². The number of rotatable bonds is 3. The number of benzene rings is 1. The fourth-order valence-electron chi connectivity index (χ4n) is 4.95. The maximum atomic E-state index is 13.2. The molecule has 0 bridgehead atoms. The molecule has 0 radical (unpaired) electrons. The van der Waals surface area contributed by atoms with Crippen molar-refractivity contribution in [2.24, 2.45) is 0 Å². The van der Waals surface area contributed by atoms with E-state index in [1.807, 2.05) is 11.8 Å². The molecule has 1 aliphatic carbocycles. The average Bonchev–Trinajstić information content (AvgIpc) is 3.22. The predicted octanol–water partition coefficient (Wildman–Crippen LogP) is 3.50. The highest BCUT2D eigenvalue weighted by Crippen LogP contribution is 2.25. The minimum Gasteiger partial charge on any atom is -0.352 e. The van der Waals surface area contributed by atoms with E-state index in [2.05, 4.69) is 29.2 Å². The highest BCUT2D eigenvalue weighted by atomic mass is 19.1. The lowest BCUT2D eigenvalue weighted by Crippen LogP contribution is -2.57. The van der Waals surface area contributed by atoms with Gasteiger partial charge in [-0.3, -0.25) is 14.5 Å². The lowest BCUT2D eigenvalue weighted by Gasteiger charge is -2.45. The number of fused-ring (bicyclic) bond motifs is 1. The minimum atomic E-state index is -0.301. The maximum Gasteiger partial charge on any atom is 0.219 e. The molecule has 1 saturated heterocycles. The summed E-state index contributed by atoms with van der Waals surface area (Å²) in [7, 11) is 2.07. The van der Waals surface area contributed by atoms with Crippen molar-refractivity contribution in [2.75, 3.05) is 26.7 Å². The van der Waals surface area contributed by atoms with Crippen LogP contribution in [0.3, 0.4) is 0 Å². The van der Waals surface area contributed by atoms with Crippen molar-refractivity contribution in [3.63, 3.8) is 0 Å². The van der Waals surface area contributed by atoms with Gasteiger partial charge in [0.15, 0.2) is 6.29 Å². The molecule has 2 heterocycles. The van der Waals surface area contributed by atoms with Crippen LogP contribution in [0.25, 0.3) is 10.9 Å². The molecule has 0 spiro atoms. The van der Waals surface area contributed by atoms with Gasteiger partial charge in [-0.2, -0.15) is 0 Å². The Hall–Kier alpha value is -2.25. The van der Waals surface area contributed by atoms with Crippen LogP contribution in [0.1, 0.15) is 55.6 Å². The molecule has 31 heavy (non-hydrogen) atoms. The molecule has 1 aliphatic heterocycles. The molecule has 4 rings (SSSR count). The number of nitrogens with one attached hydrogen (secondary N) is 2. The first-order chi connectivity index (χ1) is 14.8. The molecule has 1 aromatic heterocycles. The van der Waals surface area contributed by atoms with Crippen molar-refractivity contribution in [1.82, 2.24) is 20.1 Å². The van der Waals surface area contributed by atoms with E-state index >= 15 is 0 Å². The van der Waals surface area contributed by atoms with Crippen molar-refractivity contribution in [2.45, 2.75) is 64.6 Å². The summed E-state index contributed by atoms with van der Waals surface area (Å²) >= 11 is 0. The maximum absolute atomic E-state index is 13.2. The van der Waals surface area contributed by atoms with Crippen molar-refractivity contribution in [1.29, 1.82) is 0 Å². The molecule has 2 aromatic rings. The third-order valence-electron chi connectivity index (χ3n) is 6.73. The lowest BCUT2D eigenvalue weighted by atomic mass is 9.89. The highest BCUT2D eigenvalue weighted by Gasteiger charge is 2.32. The fourth-order valence-corrected chi connectivity index (χ4v) is 4.95. The van der Waals surface area contributed by atoms with E-state index in [0.29, 0.717) is 41.0 Å². The van der Waals surface area contributed by atoms with Gasteiger partial charge in [0.05, 0.1) is 11.2 Å². The number of aromatic amines is 1. The van der Waals surface area contributed by atoms with Crippen molar-refractivity contribution >= 4 is 23.1 Å².